The highest BCUT2D eigenvalue weighted by atomic mass is 19.4. The average Bonchev–Trinajstić information content (AvgIpc) is 3.10. The first-order valence-electron chi connectivity index (χ1n) is 7.17. The summed E-state index contributed by atoms with van der Waals surface area (Å²) in [7, 11) is 0. The Morgan fingerprint density at radius 3 is 2.67 bits per heavy atom. The van der Waals surface area contributed by atoms with E-state index >= 15 is 0 Å². The maximum Gasteiger partial charge on any atom is 0.419 e. The molecule has 1 atom stereocenters. The molecule has 1 aliphatic carbocycles. The van der Waals surface area contributed by atoms with Crippen molar-refractivity contribution in [2.24, 2.45) is 0 Å². The molecule has 1 N–H and O–H groups in total. The summed E-state index contributed by atoms with van der Waals surface area (Å²) in [5, 5.41) is 16.4. The molecule has 1 aromatic rings. The lowest BCUT2D eigenvalue weighted by Gasteiger charge is -2.26. The minimum atomic E-state index is -4.36. The number of halogens is 3. The van der Waals surface area contributed by atoms with Crippen LogP contribution in [0.2, 0.25) is 0 Å². The van der Waals surface area contributed by atoms with E-state index in [1.54, 1.807) is 0 Å². The Labute approximate surface area is 121 Å². The third-order valence-corrected chi connectivity index (χ3v) is 3.83. The van der Waals surface area contributed by atoms with Gasteiger partial charge in [-0.3, -0.25) is 10.00 Å². The summed E-state index contributed by atoms with van der Waals surface area (Å²) in [5.74, 6) is 0. The molecule has 0 bridgehead atoms. The molecule has 0 spiro atoms. The van der Waals surface area contributed by atoms with Crippen LogP contribution in [0.25, 0.3) is 0 Å². The fourth-order valence-corrected chi connectivity index (χ4v) is 2.31. The van der Waals surface area contributed by atoms with Gasteiger partial charge in [-0.15, -0.1) is 0 Å². The Balaban J connectivity index is 1.87. The van der Waals surface area contributed by atoms with Crippen molar-refractivity contribution in [1.29, 1.82) is 5.26 Å². The van der Waals surface area contributed by atoms with E-state index in [-0.39, 0.29) is 0 Å². The summed E-state index contributed by atoms with van der Waals surface area (Å²) < 4.78 is 38.7. The van der Waals surface area contributed by atoms with Gasteiger partial charge in [-0.2, -0.15) is 23.5 Å². The van der Waals surface area contributed by atoms with Crippen molar-refractivity contribution in [2.75, 3.05) is 0 Å². The highest BCUT2D eigenvalue weighted by molar-refractivity contribution is 5.10. The lowest BCUT2D eigenvalue weighted by molar-refractivity contribution is -0.137. The SMILES string of the molecule is CCC(C#N)(CCCn1cc(C(F)(F)F)cn1)NC1CC1. The predicted octanol–water partition coefficient (Wildman–Crippen LogP) is 3.11. The van der Waals surface area contributed by atoms with E-state index in [2.05, 4.69) is 16.5 Å². The van der Waals surface area contributed by atoms with E-state index in [4.69, 9.17) is 0 Å². The normalized spacial score (nSPS) is 18.2. The van der Waals surface area contributed by atoms with Gasteiger partial charge in [0.25, 0.3) is 0 Å². The van der Waals surface area contributed by atoms with Crippen molar-refractivity contribution in [3.63, 3.8) is 0 Å². The molecule has 2 rings (SSSR count). The zero-order valence-electron chi connectivity index (χ0n) is 12.0. The number of aryl methyl sites for hydroxylation is 1. The number of nitrogens with zero attached hydrogens (tertiary/aromatic N) is 3. The Morgan fingerprint density at radius 1 is 1.48 bits per heavy atom. The molecule has 1 heterocycles. The number of aromatic nitrogens is 2. The van der Waals surface area contributed by atoms with Crippen LogP contribution >= 0.6 is 0 Å². The molecule has 0 amide bonds. The zero-order chi connectivity index (χ0) is 15.5. The molecule has 116 valence electrons. The molecule has 1 aliphatic rings. The second-order valence-corrected chi connectivity index (χ2v) is 5.56. The molecule has 7 heteroatoms. The van der Waals surface area contributed by atoms with E-state index in [0.29, 0.717) is 31.8 Å². The number of rotatable bonds is 7. The number of alkyl halides is 3. The molecule has 1 unspecified atom stereocenters. The monoisotopic (exact) mass is 300 g/mol. The second kappa shape index (κ2) is 6.06. The van der Waals surface area contributed by atoms with Crippen LogP contribution in [0.4, 0.5) is 13.2 Å². The molecular formula is C14H19F3N4. The Bertz CT molecular complexity index is 513. The first-order valence-corrected chi connectivity index (χ1v) is 7.17. The van der Waals surface area contributed by atoms with Gasteiger partial charge in [0.1, 0.15) is 5.54 Å². The smallest absolute Gasteiger partial charge is 0.297 e. The van der Waals surface area contributed by atoms with Crippen LogP contribution < -0.4 is 5.32 Å². The van der Waals surface area contributed by atoms with Crippen molar-refractivity contribution in [2.45, 2.75) is 63.3 Å². The van der Waals surface area contributed by atoms with Gasteiger partial charge in [0, 0.05) is 18.8 Å². The highest BCUT2D eigenvalue weighted by Gasteiger charge is 2.35. The van der Waals surface area contributed by atoms with Crippen LogP contribution in [0, 0.1) is 11.3 Å². The number of hydrogen-bond donors (Lipinski definition) is 1. The first-order chi connectivity index (χ1) is 9.88. The van der Waals surface area contributed by atoms with E-state index < -0.39 is 17.3 Å². The van der Waals surface area contributed by atoms with Crippen molar-refractivity contribution in [1.82, 2.24) is 15.1 Å². The maximum absolute atomic E-state index is 12.5. The minimum absolute atomic E-state index is 0.381. The molecule has 1 fully saturated rings. The van der Waals surface area contributed by atoms with Gasteiger partial charge in [-0.25, -0.2) is 0 Å². The molecule has 0 radical (unpaired) electrons. The van der Waals surface area contributed by atoms with Crippen LogP contribution in [-0.4, -0.2) is 21.4 Å². The predicted molar refractivity (Wildman–Crippen MR) is 71.3 cm³/mol. The van der Waals surface area contributed by atoms with E-state index in [9.17, 15) is 18.4 Å². The minimum Gasteiger partial charge on any atom is -0.297 e. The topological polar surface area (TPSA) is 53.6 Å². The molecule has 0 aromatic carbocycles. The van der Waals surface area contributed by atoms with Crippen LogP contribution in [0.15, 0.2) is 12.4 Å². The van der Waals surface area contributed by atoms with Gasteiger partial charge in [0.05, 0.1) is 17.8 Å². The molecule has 0 aliphatic heterocycles. The molecule has 21 heavy (non-hydrogen) atoms. The van der Waals surface area contributed by atoms with Crippen LogP contribution in [0.5, 0.6) is 0 Å². The summed E-state index contributed by atoms with van der Waals surface area (Å²) >= 11 is 0. The number of nitrogens with one attached hydrogen (secondary N) is 1. The molecule has 1 aromatic heterocycles. The second-order valence-electron chi connectivity index (χ2n) is 5.56. The fraction of sp³-hybridized carbons (Fsp3) is 0.714. The quantitative estimate of drug-likeness (QED) is 0.842. The lowest BCUT2D eigenvalue weighted by Crippen LogP contribution is -2.44. The van der Waals surface area contributed by atoms with Gasteiger partial charge < -0.3 is 0 Å². The molecule has 4 nitrogen and oxygen atoms in total. The van der Waals surface area contributed by atoms with Crippen molar-refractivity contribution >= 4 is 0 Å². The number of nitriles is 1. The van der Waals surface area contributed by atoms with Gasteiger partial charge in [-0.05, 0) is 32.1 Å². The zero-order valence-corrected chi connectivity index (χ0v) is 12.0. The summed E-state index contributed by atoms with van der Waals surface area (Å²) in [6.45, 7) is 2.33. The summed E-state index contributed by atoms with van der Waals surface area (Å²) in [6, 6.07) is 2.75. The third-order valence-electron chi connectivity index (χ3n) is 3.83. The van der Waals surface area contributed by atoms with E-state index in [1.165, 1.54) is 4.68 Å². The molecule has 1 saturated carbocycles. The average molecular weight is 300 g/mol. The van der Waals surface area contributed by atoms with Gasteiger partial charge in [-0.1, -0.05) is 6.92 Å². The first kappa shape index (κ1) is 15.8. The van der Waals surface area contributed by atoms with Crippen molar-refractivity contribution in [3.8, 4) is 6.07 Å². The van der Waals surface area contributed by atoms with Gasteiger partial charge in [0.2, 0.25) is 0 Å². The summed E-state index contributed by atoms with van der Waals surface area (Å²) in [4.78, 5) is 0. The lowest BCUT2D eigenvalue weighted by atomic mass is 9.92. The van der Waals surface area contributed by atoms with Crippen LogP contribution in [0.3, 0.4) is 0 Å². The largest absolute Gasteiger partial charge is 0.419 e. The van der Waals surface area contributed by atoms with Crippen molar-refractivity contribution in [3.05, 3.63) is 18.0 Å². The van der Waals surface area contributed by atoms with Crippen molar-refractivity contribution < 1.29 is 13.2 Å². The Hall–Kier alpha value is -1.55. The fourth-order valence-electron chi connectivity index (χ4n) is 2.31. The van der Waals surface area contributed by atoms with E-state index in [1.807, 2.05) is 6.92 Å². The van der Waals surface area contributed by atoms with Gasteiger partial charge in [0.15, 0.2) is 0 Å². The summed E-state index contributed by atoms with van der Waals surface area (Å²) in [6.07, 6.45) is 1.58. The highest BCUT2D eigenvalue weighted by Crippen LogP contribution is 2.29. The Morgan fingerprint density at radius 2 is 2.19 bits per heavy atom. The molecular weight excluding hydrogens is 281 g/mol. The molecule has 0 saturated heterocycles. The Kier molecular flexibility index (Phi) is 4.57. The standard InChI is InChI=1S/C14H19F3N4/c1-2-13(10-18,20-12-4-5-12)6-3-7-21-9-11(8-19-21)14(15,16)17/h8-9,12,20H,2-7H2,1H3. The van der Waals surface area contributed by atoms with Gasteiger partial charge >= 0.3 is 6.18 Å². The van der Waals surface area contributed by atoms with E-state index in [0.717, 1.165) is 25.2 Å². The number of hydrogen-bond acceptors (Lipinski definition) is 3. The summed E-state index contributed by atoms with van der Waals surface area (Å²) in [5.41, 5.74) is -1.30. The van der Waals surface area contributed by atoms with Crippen LogP contribution in [0.1, 0.15) is 44.6 Å². The maximum atomic E-state index is 12.5. The van der Waals surface area contributed by atoms with Crippen LogP contribution in [-0.2, 0) is 12.7 Å². The third kappa shape index (κ3) is 4.21.